The molecule has 0 aliphatic heterocycles. The van der Waals surface area contributed by atoms with E-state index in [-0.39, 0.29) is 17.6 Å². The molecule has 0 aliphatic rings. The van der Waals surface area contributed by atoms with Gasteiger partial charge in [-0.1, -0.05) is 44.2 Å². The number of carbonyl (C=O) groups is 2. The molecule has 0 radical (unpaired) electrons. The lowest BCUT2D eigenvalue weighted by molar-refractivity contribution is -0.121. The minimum Gasteiger partial charge on any atom is -0.331 e. The van der Waals surface area contributed by atoms with Crippen LogP contribution in [0.1, 0.15) is 36.1 Å². The monoisotopic (exact) mass is 429 g/mol. The lowest BCUT2D eigenvalue weighted by Crippen LogP contribution is -2.31. The van der Waals surface area contributed by atoms with E-state index in [1.54, 1.807) is 48.3 Å². The first-order valence-corrected chi connectivity index (χ1v) is 10.2. The maximum absolute atomic E-state index is 13.0. The molecule has 1 N–H and O–H groups in total. The molecule has 9 heteroatoms. The molecular formula is C23H23N7O2. The van der Waals surface area contributed by atoms with Gasteiger partial charge in [-0.3, -0.25) is 9.59 Å². The zero-order valence-corrected chi connectivity index (χ0v) is 18.0. The molecule has 2 aromatic heterocycles. The first kappa shape index (κ1) is 21.1. The van der Waals surface area contributed by atoms with Crippen molar-refractivity contribution in [3.8, 4) is 11.4 Å². The number of imidazole rings is 1. The molecule has 4 aromatic rings. The number of amides is 1. The van der Waals surface area contributed by atoms with Gasteiger partial charge in [0.05, 0.1) is 0 Å². The van der Waals surface area contributed by atoms with Crippen molar-refractivity contribution in [3.63, 3.8) is 0 Å². The fourth-order valence-corrected chi connectivity index (χ4v) is 3.35. The van der Waals surface area contributed by atoms with Crippen LogP contribution >= 0.6 is 0 Å². The van der Waals surface area contributed by atoms with Crippen LogP contribution in [-0.2, 0) is 11.8 Å². The summed E-state index contributed by atoms with van der Waals surface area (Å²) in [4.78, 5) is 31.0. The van der Waals surface area contributed by atoms with E-state index in [2.05, 4.69) is 25.7 Å². The van der Waals surface area contributed by atoms with Crippen molar-refractivity contribution in [2.24, 2.45) is 13.0 Å². The van der Waals surface area contributed by atoms with E-state index in [1.165, 1.54) is 4.80 Å². The van der Waals surface area contributed by atoms with Gasteiger partial charge in [-0.05, 0) is 35.4 Å². The van der Waals surface area contributed by atoms with Crippen LogP contribution < -0.4 is 5.32 Å². The van der Waals surface area contributed by atoms with Crippen molar-refractivity contribution in [1.29, 1.82) is 0 Å². The lowest BCUT2D eigenvalue weighted by Gasteiger charge is -2.18. The summed E-state index contributed by atoms with van der Waals surface area (Å²) in [6.45, 7) is 3.84. The van der Waals surface area contributed by atoms with Crippen LogP contribution in [0.2, 0.25) is 0 Å². The number of aryl methyl sites for hydroxylation is 1. The number of ketones is 1. The number of nitrogens with zero attached hydrogens (tertiary/aromatic N) is 6. The second-order valence-corrected chi connectivity index (χ2v) is 7.75. The molecule has 0 fully saturated rings. The summed E-state index contributed by atoms with van der Waals surface area (Å²) >= 11 is 0. The maximum Gasteiger partial charge on any atom is 0.251 e. The smallest absolute Gasteiger partial charge is 0.251 e. The molecule has 0 aliphatic carbocycles. The quantitative estimate of drug-likeness (QED) is 0.452. The minimum absolute atomic E-state index is 0.0721. The Kier molecular flexibility index (Phi) is 5.89. The van der Waals surface area contributed by atoms with E-state index in [0.29, 0.717) is 22.9 Å². The number of hydrogen-bond donors (Lipinski definition) is 1. The van der Waals surface area contributed by atoms with Gasteiger partial charge in [0.15, 0.2) is 11.9 Å². The predicted molar refractivity (Wildman–Crippen MR) is 119 cm³/mol. The van der Waals surface area contributed by atoms with E-state index in [9.17, 15) is 9.59 Å². The first-order valence-electron chi connectivity index (χ1n) is 10.2. The molecule has 1 atom stereocenters. The maximum atomic E-state index is 13.0. The summed E-state index contributed by atoms with van der Waals surface area (Å²) in [5.41, 5.74) is 1.89. The number of anilines is 1. The summed E-state index contributed by atoms with van der Waals surface area (Å²) in [7, 11) is 1.77. The molecular weight excluding hydrogens is 406 g/mol. The van der Waals surface area contributed by atoms with Crippen molar-refractivity contribution in [2.75, 3.05) is 5.32 Å². The fourth-order valence-electron chi connectivity index (χ4n) is 3.35. The molecule has 1 unspecified atom stereocenters. The van der Waals surface area contributed by atoms with Crippen LogP contribution in [0.5, 0.6) is 0 Å². The second-order valence-electron chi connectivity index (χ2n) is 7.75. The summed E-state index contributed by atoms with van der Waals surface area (Å²) in [5.74, 6) is 0.294. The Morgan fingerprint density at radius 2 is 1.72 bits per heavy atom. The summed E-state index contributed by atoms with van der Waals surface area (Å²) < 4.78 is 1.67. The third kappa shape index (κ3) is 4.31. The Morgan fingerprint density at radius 1 is 1.00 bits per heavy atom. The predicted octanol–water partition coefficient (Wildman–Crippen LogP) is 3.14. The second kappa shape index (κ2) is 8.93. The van der Waals surface area contributed by atoms with Gasteiger partial charge in [-0.15, -0.1) is 10.2 Å². The van der Waals surface area contributed by atoms with E-state index in [1.807, 2.05) is 44.2 Å². The number of carbonyl (C=O) groups excluding carboxylic acids is 2. The zero-order chi connectivity index (χ0) is 22.7. The molecule has 162 valence electrons. The molecule has 32 heavy (non-hydrogen) atoms. The van der Waals surface area contributed by atoms with Gasteiger partial charge in [0.1, 0.15) is 0 Å². The van der Waals surface area contributed by atoms with Crippen LogP contribution in [0.25, 0.3) is 11.4 Å². The van der Waals surface area contributed by atoms with E-state index in [0.717, 1.165) is 5.56 Å². The summed E-state index contributed by atoms with van der Waals surface area (Å²) in [5, 5.41) is 15.5. The van der Waals surface area contributed by atoms with Crippen LogP contribution in [0.4, 0.5) is 5.69 Å². The first-order chi connectivity index (χ1) is 15.4. The van der Waals surface area contributed by atoms with E-state index >= 15 is 0 Å². The van der Waals surface area contributed by atoms with Gasteiger partial charge < -0.3 is 9.88 Å². The third-order valence-corrected chi connectivity index (χ3v) is 5.05. The highest BCUT2D eigenvalue weighted by atomic mass is 16.2. The van der Waals surface area contributed by atoms with Gasteiger partial charge in [0, 0.05) is 36.3 Å². The van der Waals surface area contributed by atoms with Gasteiger partial charge in [0.25, 0.3) is 5.91 Å². The average molecular weight is 429 g/mol. The molecule has 0 bridgehead atoms. The Morgan fingerprint density at radius 3 is 2.34 bits per heavy atom. The zero-order valence-electron chi connectivity index (χ0n) is 18.0. The highest BCUT2D eigenvalue weighted by molar-refractivity contribution is 6.07. The standard InChI is InChI=1S/C23H23N7O2/c1-15(2)19(30-27-21(26-28-30)17-7-5-4-6-8-17)23(32)25-18-11-9-16(10-12-18)20(31)22-24-13-14-29(22)3/h4-15,19H,1-3H3,(H,25,32). The SMILES string of the molecule is CC(C)C(C(=O)Nc1ccc(C(=O)c2nccn2C)cc1)n1nnc(-c2ccccc2)n1. The number of hydrogen-bond acceptors (Lipinski definition) is 6. The van der Waals surface area contributed by atoms with E-state index in [4.69, 9.17) is 0 Å². The van der Waals surface area contributed by atoms with Crippen molar-refractivity contribution in [2.45, 2.75) is 19.9 Å². The number of aromatic nitrogens is 6. The van der Waals surface area contributed by atoms with Gasteiger partial charge in [-0.25, -0.2) is 4.98 Å². The number of tetrazole rings is 1. The van der Waals surface area contributed by atoms with Crippen LogP contribution in [-0.4, -0.2) is 41.4 Å². The van der Waals surface area contributed by atoms with Crippen LogP contribution in [0.3, 0.4) is 0 Å². The minimum atomic E-state index is -0.645. The Hall–Kier alpha value is -4.14. The number of rotatable bonds is 7. The lowest BCUT2D eigenvalue weighted by atomic mass is 10.0. The highest BCUT2D eigenvalue weighted by Gasteiger charge is 2.27. The Labute approximate surface area is 185 Å². The van der Waals surface area contributed by atoms with Crippen molar-refractivity contribution < 1.29 is 9.59 Å². The molecule has 0 spiro atoms. The van der Waals surface area contributed by atoms with E-state index < -0.39 is 6.04 Å². The third-order valence-electron chi connectivity index (χ3n) is 5.05. The normalized spacial score (nSPS) is 12.0. The molecule has 0 saturated carbocycles. The van der Waals surface area contributed by atoms with Crippen molar-refractivity contribution in [1.82, 2.24) is 29.8 Å². The van der Waals surface area contributed by atoms with Gasteiger partial charge in [0.2, 0.25) is 11.6 Å². The van der Waals surface area contributed by atoms with Crippen LogP contribution in [0.15, 0.2) is 67.0 Å². The van der Waals surface area contributed by atoms with Crippen molar-refractivity contribution in [3.05, 3.63) is 78.4 Å². The number of benzene rings is 2. The summed E-state index contributed by atoms with van der Waals surface area (Å²) in [6, 6.07) is 15.5. The van der Waals surface area contributed by atoms with Crippen molar-refractivity contribution >= 4 is 17.4 Å². The van der Waals surface area contributed by atoms with Crippen LogP contribution in [0, 0.1) is 5.92 Å². The molecule has 2 aromatic carbocycles. The Bertz CT molecular complexity index is 1230. The largest absolute Gasteiger partial charge is 0.331 e. The van der Waals surface area contributed by atoms with Gasteiger partial charge >= 0.3 is 0 Å². The van der Waals surface area contributed by atoms with Gasteiger partial charge in [-0.2, -0.15) is 4.80 Å². The molecule has 1 amide bonds. The molecule has 0 saturated heterocycles. The Balaban J connectivity index is 1.50. The fraction of sp³-hybridized carbons (Fsp3) is 0.217. The summed E-state index contributed by atoms with van der Waals surface area (Å²) in [6.07, 6.45) is 3.30. The number of nitrogens with one attached hydrogen (secondary N) is 1. The average Bonchev–Trinajstić information content (AvgIpc) is 3.44. The molecule has 4 rings (SSSR count). The molecule has 9 nitrogen and oxygen atoms in total. The topological polar surface area (TPSA) is 108 Å². The molecule has 2 heterocycles. The highest BCUT2D eigenvalue weighted by Crippen LogP contribution is 2.21.